The highest BCUT2D eigenvalue weighted by Crippen LogP contribution is 2.30. The summed E-state index contributed by atoms with van der Waals surface area (Å²) in [4.78, 5) is 25.7. The van der Waals surface area contributed by atoms with Crippen LogP contribution in [0.2, 0.25) is 0 Å². The standard InChI is InChI=1S/C30H36N2O4/c1-3-4-5-12-19-36-26-18-17-25(22-27(26)35-2)30(31-28(33)20-23-13-8-6-9-14-23)32-29(34)21-24-15-10-7-11-16-24/h6-11,13-18,22,30H,3-5,12,19-21H2,1-2H3,(H,31,33)(H,32,34). The zero-order valence-corrected chi connectivity index (χ0v) is 21.2. The van der Waals surface area contributed by atoms with Gasteiger partial charge in [-0.2, -0.15) is 0 Å². The van der Waals surface area contributed by atoms with Gasteiger partial charge in [0.2, 0.25) is 11.8 Å². The maximum Gasteiger partial charge on any atom is 0.226 e. The maximum absolute atomic E-state index is 12.9. The molecule has 0 aromatic heterocycles. The molecule has 0 saturated carbocycles. The van der Waals surface area contributed by atoms with Gasteiger partial charge in [0, 0.05) is 0 Å². The van der Waals surface area contributed by atoms with Gasteiger partial charge in [0.15, 0.2) is 11.5 Å². The summed E-state index contributed by atoms with van der Waals surface area (Å²) in [5, 5.41) is 5.94. The Morgan fingerprint density at radius 3 is 1.86 bits per heavy atom. The Balaban J connectivity index is 1.74. The molecule has 0 fully saturated rings. The molecule has 0 aliphatic carbocycles. The largest absolute Gasteiger partial charge is 0.493 e. The number of carbonyl (C=O) groups excluding carboxylic acids is 2. The molecule has 3 rings (SSSR count). The van der Waals surface area contributed by atoms with E-state index in [4.69, 9.17) is 9.47 Å². The first kappa shape index (κ1) is 26.8. The van der Waals surface area contributed by atoms with E-state index < -0.39 is 6.17 Å². The van der Waals surface area contributed by atoms with Gasteiger partial charge in [-0.25, -0.2) is 0 Å². The summed E-state index contributed by atoms with van der Waals surface area (Å²) in [6.07, 6.45) is 4.17. The number of methoxy groups -OCH3 is 1. The van der Waals surface area contributed by atoms with E-state index in [2.05, 4.69) is 17.6 Å². The van der Waals surface area contributed by atoms with Crippen LogP contribution >= 0.6 is 0 Å². The second kappa shape index (κ2) is 14.6. The molecule has 0 aliphatic rings. The summed E-state index contributed by atoms with van der Waals surface area (Å²) in [5.74, 6) is 0.813. The van der Waals surface area contributed by atoms with Crippen molar-refractivity contribution in [2.45, 2.75) is 51.6 Å². The summed E-state index contributed by atoms with van der Waals surface area (Å²) < 4.78 is 11.5. The van der Waals surface area contributed by atoms with Crippen molar-refractivity contribution in [2.75, 3.05) is 13.7 Å². The molecule has 2 N–H and O–H groups in total. The van der Waals surface area contributed by atoms with E-state index in [9.17, 15) is 9.59 Å². The monoisotopic (exact) mass is 488 g/mol. The van der Waals surface area contributed by atoms with E-state index in [0.717, 1.165) is 24.0 Å². The van der Waals surface area contributed by atoms with Crippen molar-refractivity contribution in [1.82, 2.24) is 10.6 Å². The van der Waals surface area contributed by atoms with Crippen molar-refractivity contribution >= 4 is 11.8 Å². The highest BCUT2D eigenvalue weighted by Gasteiger charge is 2.20. The van der Waals surface area contributed by atoms with E-state index in [-0.39, 0.29) is 24.7 Å². The molecule has 36 heavy (non-hydrogen) atoms. The number of benzene rings is 3. The van der Waals surface area contributed by atoms with Gasteiger partial charge in [0.05, 0.1) is 26.6 Å². The quantitative estimate of drug-likeness (QED) is 0.236. The molecule has 0 saturated heterocycles. The van der Waals surface area contributed by atoms with Crippen LogP contribution in [0, 0.1) is 0 Å². The predicted molar refractivity (Wildman–Crippen MR) is 142 cm³/mol. The van der Waals surface area contributed by atoms with Crippen molar-refractivity contribution in [3.8, 4) is 11.5 Å². The van der Waals surface area contributed by atoms with Crippen LogP contribution < -0.4 is 20.1 Å². The van der Waals surface area contributed by atoms with Crippen LogP contribution in [0.15, 0.2) is 78.9 Å². The number of amides is 2. The number of carbonyl (C=O) groups is 2. The molecule has 0 bridgehead atoms. The first-order chi connectivity index (χ1) is 17.6. The lowest BCUT2D eigenvalue weighted by Crippen LogP contribution is -2.42. The second-order valence-corrected chi connectivity index (χ2v) is 8.71. The zero-order valence-electron chi connectivity index (χ0n) is 21.2. The molecule has 0 atom stereocenters. The van der Waals surface area contributed by atoms with Crippen LogP contribution in [0.5, 0.6) is 11.5 Å². The maximum atomic E-state index is 12.9. The minimum absolute atomic E-state index is 0.193. The predicted octanol–water partition coefficient (Wildman–Crippen LogP) is 5.37. The zero-order chi connectivity index (χ0) is 25.6. The minimum Gasteiger partial charge on any atom is -0.493 e. The number of nitrogens with one attached hydrogen (secondary N) is 2. The molecule has 3 aromatic rings. The summed E-state index contributed by atoms with van der Waals surface area (Å²) in [5.41, 5.74) is 2.50. The Labute approximate surface area is 214 Å². The van der Waals surface area contributed by atoms with E-state index in [0.29, 0.717) is 23.7 Å². The third kappa shape index (κ3) is 8.77. The Hall–Kier alpha value is -3.80. The van der Waals surface area contributed by atoms with Crippen LogP contribution in [0.4, 0.5) is 0 Å². The highest BCUT2D eigenvalue weighted by atomic mass is 16.5. The number of hydrogen-bond donors (Lipinski definition) is 2. The van der Waals surface area contributed by atoms with Gasteiger partial charge in [-0.05, 0) is 35.2 Å². The fraction of sp³-hybridized carbons (Fsp3) is 0.333. The molecule has 0 aliphatic heterocycles. The average molecular weight is 489 g/mol. The molecule has 0 radical (unpaired) electrons. The van der Waals surface area contributed by atoms with Gasteiger partial charge in [0.25, 0.3) is 0 Å². The van der Waals surface area contributed by atoms with E-state index >= 15 is 0 Å². The molecule has 6 heteroatoms. The van der Waals surface area contributed by atoms with Gasteiger partial charge < -0.3 is 20.1 Å². The summed E-state index contributed by atoms with van der Waals surface area (Å²) in [6.45, 7) is 2.79. The van der Waals surface area contributed by atoms with Gasteiger partial charge >= 0.3 is 0 Å². The van der Waals surface area contributed by atoms with Crippen LogP contribution in [-0.4, -0.2) is 25.5 Å². The first-order valence-corrected chi connectivity index (χ1v) is 12.6. The van der Waals surface area contributed by atoms with Crippen molar-refractivity contribution in [3.05, 3.63) is 95.6 Å². The molecule has 0 spiro atoms. The summed E-state index contributed by atoms with van der Waals surface area (Å²) in [6, 6.07) is 24.5. The van der Waals surface area contributed by atoms with Gasteiger partial charge in [-0.3, -0.25) is 9.59 Å². The molecule has 0 heterocycles. The Kier molecular flexibility index (Phi) is 10.8. The van der Waals surface area contributed by atoms with E-state index in [1.807, 2.05) is 72.8 Å². The number of rotatable bonds is 14. The summed E-state index contributed by atoms with van der Waals surface area (Å²) in [7, 11) is 1.58. The van der Waals surface area contributed by atoms with Gasteiger partial charge in [-0.15, -0.1) is 0 Å². The highest BCUT2D eigenvalue weighted by molar-refractivity contribution is 5.82. The molecule has 0 unspecified atom stereocenters. The van der Waals surface area contributed by atoms with E-state index in [1.54, 1.807) is 13.2 Å². The summed E-state index contributed by atoms with van der Waals surface area (Å²) >= 11 is 0. The average Bonchev–Trinajstić information content (AvgIpc) is 2.89. The normalized spacial score (nSPS) is 10.6. The first-order valence-electron chi connectivity index (χ1n) is 12.6. The number of unbranched alkanes of at least 4 members (excludes halogenated alkanes) is 3. The number of ether oxygens (including phenoxy) is 2. The third-order valence-corrected chi connectivity index (χ3v) is 5.80. The third-order valence-electron chi connectivity index (χ3n) is 5.80. The molecular formula is C30H36N2O4. The van der Waals surface area contributed by atoms with Gasteiger partial charge in [-0.1, -0.05) is 92.9 Å². The Morgan fingerprint density at radius 2 is 1.33 bits per heavy atom. The van der Waals surface area contributed by atoms with Crippen molar-refractivity contribution in [1.29, 1.82) is 0 Å². The van der Waals surface area contributed by atoms with E-state index in [1.165, 1.54) is 12.8 Å². The van der Waals surface area contributed by atoms with Crippen LogP contribution in [0.1, 0.15) is 55.5 Å². The topological polar surface area (TPSA) is 76.7 Å². The van der Waals surface area contributed by atoms with Gasteiger partial charge in [0.1, 0.15) is 6.17 Å². The fourth-order valence-corrected chi connectivity index (χ4v) is 3.88. The lowest BCUT2D eigenvalue weighted by molar-refractivity contribution is -0.123. The lowest BCUT2D eigenvalue weighted by atomic mass is 10.1. The molecule has 3 aromatic carbocycles. The second-order valence-electron chi connectivity index (χ2n) is 8.71. The van der Waals surface area contributed by atoms with Crippen LogP contribution in [0.25, 0.3) is 0 Å². The van der Waals surface area contributed by atoms with Crippen molar-refractivity contribution in [3.63, 3.8) is 0 Å². The number of hydrogen-bond acceptors (Lipinski definition) is 4. The molecule has 190 valence electrons. The molecule has 2 amide bonds. The van der Waals surface area contributed by atoms with Crippen LogP contribution in [0.3, 0.4) is 0 Å². The van der Waals surface area contributed by atoms with Crippen LogP contribution in [-0.2, 0) is 22.4 Å². The molecule has 6 nitrogen and oxygen atoms in total. The molecular weight excluding hydrogens is 452 g/mol. The smallest absolute Gasteiger partial charge is 0.226 e. The van der Waals surface area contributed by atoms with Crippen molar-refractivity contribution < 1.29 is 19.1 Å². The minimum atomic E-state index is -0.718. The fourth-order valence-electron chi connectivity index (χ4n) is 3.88. The Morgan fingerprint density at radius 1 is 0.750 bits per heavy atom. The van der Waals surface area contributed by atoms with Crippen molar-refractivity contribution in [2.24, 2.45) is 0 Å². The SMILES string of the molecule is CCCCCCOc1ccc(C(NC(=O)Cc2ccccc2)NC(=O)Cc2ccccc2)cc1OC. The Bertz CT molecular complexity index is 1030. The lowest BCUT2D eigenvalue weighted by Gasteiger charge is -2.22.